The number of aliphatic hydroxyl groups is 5. The number of hydrogen-bond acceptors (Lipinski definition) is 6. The van der Waals surface area contributed by atoms with Gasteiger partial charge in [0.25, 0.3) is 0 Å². The van der Waals surface area contributed by atoms with E-state index in [2.05, 4.69) is 34.6 Å². The van der Waals surface area contributed by atoms with Crippen LogP contribution in [-0.4, -0.2) is 61.3 Å². The zero-order valence-electron chi connectivity index (χ0n) is 22.7. The second kappa shape index (κ2) is 9.34. The maximum Gasteiger partial charge on any atom is 0.165 e. The summed E-state index contributed by atoms with van der Waals surface area (Å²) in [6, 6.07) is 0. The minimum absolute atomic E-state index is 0.0281. The number of ketones is 1. The molecule has 0 aromatic heterocycles. The summed E-state index contributed by atoms with van der Waals surface area (Å²) in [7, 11) is 0. The third-order valence-electron chi connectivity index (χ3n) is 12.0. The second-order valence-corrected chi connectivity index (χ2v) is 13.7. The van der Waals surface area contributed by atoms with Crippen LogP contribution in [0.3, 0.4) is 0 Å². The number of aliphatic hydroxyl groups excluding tert-OH is 4. The van der Waals surface area contributed by atoms with E-state index in [-0.39, 0.29) is 53.6 Å². The molecule has 4 saturated carbocycles. The molecule has 4 aliphatic carbocycles. The SMILES string of the molecule is CC[C@@H](C(C)C)[C@H](O)[C@@H](O)[C@@H](C)[C@H]1CCC2C3CC(=O)[C@@]4(O)C[C@H](O)[C@@H](O)C[C@]4(C)C3CC[C@@]21C. The molecule has 4 aliphatic rings. The molecular formula is C29H50O6. The molecule has 6 nitrogen and oxygen atoms in total. The van der Waals surface area contributed by atoms with E-state index in [1.54, 1.807) is 0 Å². The van der Waals surface area contributed by atoms with Crippen molar-refractivity contribution >= 4 is 5.78 Å². The van der Waals surface area contributed by atoms with E-state index in [0.29, 0.717) is 18.3 Å². The maximum atomic E-state index is 13.4. The summed E-state index contributed by atoms with van der Waals surface area (Å²) in [5.74, 6) is 1.01. The van der Waals surface area contributed by atoms with Crippen molar-refractivity contribution in [1.29, 1.82) is 0 Å². The second-order valence-electron chi connectivity index (χ2n) is 13.7. The van der Waals surface area contributed by atoms with Gasteiger partial charge < -0.3 is 25.5 Å². The van der Waals surface area contributed by atoms with Crippen LogP contribution in [0.25, 0.3) is 0 Å². The zero-order valence-corrected chi connectivity index (χ0v) is 22.7. The summed E-state index contributed by atoms with van der Waals surface area (Å²) in [6.07, 6.45) is 1.64. The standard InChI is InChI=1S/C29H50O6/c1-7-17(15(2)3)26(34)25(33)16(4)19-8-9-20-18-12-24(32)29(35)14-23(31)22(30)13-28(29,6)21(18)10-11-27(19,20)5/h15-23,25-26,30-31,33-35H,7-14H2,1-6H3/t16-,17-,18?,19+,20?,21?,22-,23-,25-,26-,27+,28+,29-/m0/s1. The van der Waals surface area contributed by atoms with Crippen molar-refractivity contribution in [1.82, 2.24) is 0 Å². The molecule has 0 aromatic rings. The molecule has 4 rings (SSSR count). The van der Waals surface area contributed by atoms with Crippen LogP contribution in [0, 0.1) is 52.3 Å². The van der Waals surface area contributed by atoms with Gasteiger partial charge in [-0.25, -0.2) is 0 Å². The minimum Gasteiger partial charge on any atom is -0.390 e. The van der Waals surface area contributed by atoms with Crippen molar-refractivity contribution in [3.63, 3.8) is 0 Å². The van der Waals surface area contributed by atoms with E-state index in [4.69, 9.17) is 0 Å². The number of fused-ring (bicyclic) bond motifs is 5. The Morgan fingerprint density at radius 3 is 2.17 bits per heavy atom. The normalized spacial score (nSPS) is 49.1. The van der Waals surface area contributed by atoms with Crippen molar-refractivity contribution in [3.8, 4) is 0 Å². The molecule has 0 amide bonds. The fraction of sp³-hybridized carbons (Fsp3) is 0.966. The lowest BCUT2D eigenvalue weighted by Gasteiger charge is -2.63. The Bertz CT molecular complexity index is 800. The van der Waals surface area contributed by atoms with Crippen molar-refractivity contribution in [2.24, 2.45) is 52.3 Å². The van der Waals surface area contributed by atoms with E-state index in [1.165, 1.54) is 0 Å². The molecule has 0 heterocycles. The third kappa shape index (κ3) is 3.96. The van der Waals surface area contributed by atoms with Crippen LogP contribution in [0.15, 0.2) is 0 Å². The Kier molecular flexibility index (Phi) is 7.34. The molecule has 35 heavy (non-hydrogen) atoms. The van der Waals surface area contributed by atoms with Gasteiger partial charge in [-0.05, 0) is 78.9 Å². The van der Waals surface area contributed by atoms with Crippen LogP contribution in [0.1, 0.15) is 92.9 Å². The fourth-order valence-corrected chi connectivity index (χ4v) is 9.86. The van der Waals surface area contributed by atoms with Crippen LogP contribution in [0.2, 0.25) is 0 Å². The average molecular weight is 495 g/mol. The Balaban J connectivity index is 1.58. The molecule has 0 aromatic carbocycles. The zero-order chi connectivity index (χ0) is 26.1. The topological polar surface area (TPSA) is 118 Å². The predicted molar refractivity (Wildman–Crippen MR) is 134 cm³/mol. The number of carbonyl (C=O) groups is 1. The molecule has 4 fully saturated rings. The van der Waals surface area contributed by atoms with Crippen LogP contribution in [0.5, 0.6) is 0 Å². The van der Waals surface area contributed by atoms with Gasteiger partial charge in [0.1, 0.15) is 5.60 Å². The smallest absolute Gasteiger partial charge is 0.165 e. The van der Waals surface area contributed by atoms with Crippen LogP contribution in [-0.2, 0) is 4.79 Å². The molecule has 202 valence electrons. The molecule has 5 N–H and O–H groups in total. The molecule has 0 bridgehead atoms. The first kappa shape index (κ1) is 27.5. The highest BCUT2D eigenvalue weighted by atomic mass is 16.3. The highest BCUT2D eigenvalue weighted by Crippen LogP contribution is 2.68. The van der Waals surface area contributed by atoms with E-state index < -0.39 is 35.4 Å². The summed E-state index contributed by atoms with van der Waals surface area (Å²) in [4.78, 5) is 13.4. The molecule has 13 atom stereocenters. The Hall–Kier alpha value is -0.530. The quantitative estimate of drug-likeness (QED) is 0.387. The molecule has 0 spiro atoms. The van der Waals surface area contributed by atoms with Crippen molar-refractivity contribution in [2.45, 2.75) is 123 Å². The van der Waals surface area contributed by atoms with E-state index in [9.17, 15) is 30.3 Å². The third-order valence-corrected chi connectivity index (χ3v) is 12.0. The molecule has 3 unspecified atom stereocenters. The van der Waals surface area contributed by atoms with Gasteiger partial charge in [-0.2, -0.15) is 0 Å². The lowest BCUT2D eigenvalue weighted by Crippen LogP contribution is -2.69. The van der Waals surface area contributed by atoms with Gasteiger partial charge in [0.05, 0.1) is 24.4 Å². The Labute approximate surface area is 211 Å². The lowest BCUT2D eigenvalue weighted by molar-refractivity contribution is -0.230. The van der Waals surface area contributed by atoms with Crippen molar-refractivity contribution in [2.75, 3.05) is 0 Å². The van der Waals surface area contributed by atoms with Gasteiger partial charge in [-0.1, -0.05) is 48.0 Å². The van der Waals surface area contributed by atoms with E-state index in [1.807, 2.05) is 6.92 Å². The number of hydrogen-bond donors (Lipinski definition) is 5. The van der Waals surface area contributed by atoms with Gasteiger partial charge in [-0.15, -0.1) is 0 Å². The van der Waals surface area contributed by atoms with Gasteiger partial charge in [0.2, 0.25) is 0 Å². The molecule has 0 radical (unpaired) electrons. The molecule has 0 aliphatic heterocycles. The van der Waals surface area contributed by atoms with Gasteiger partial charge in [0.15, 0.2) is 5.78 Å². The van der Waals surface area contributed by atoms with Crippen molar-refractivity contribution in [3.05, 3.63) is 0 Å². The van der Waals surface area contributed by atoms with Crippen LogP contribution < -0.4 is 0 Å². The minimum atomic E-state index is -1.57. The van der Waals surface area contributed by atoms with Crippen LogP contribution >= 0.6 is 0 Å². The summed E-state index contributed by atoms with van der Waals surface area (Å²) in [6.45, 7) is 12.7. The largest absolute Gasteiger partial charge is 0.390 e. The monoisotopic (exact) mass is 494 g/mol. The predicted octanol–water partition coefficient (Wildman–Crippen LogP) is 3.31. The average Bonchev–Trinajstić information content (AvgIpc) is 3.13. The Morgan fingerprint density at radius 2 is 1.57 bits per heavy atom. The first-order chi connectivity index (χ1) is 16.2. The Morgan fingerprint density at radius 1 is 0.943 bits per heavy atom. The summed E-state index contributed by atoms with van der Waals surface area (Å²) >= 11 is 0. The number of rotatable bonds is 6. The fourth-order valence-electron chi connectivity index (χ4n) is 9.86. The molecule has 6 heteroatoms. The highest BCUT2D eigenvalue weighted by molar-refractivity contribution is 5.89. The van der Waals surface area contributed by atoms with E-state index >= 15 is 0 Å². The number of Topliss-reactive ketones (excluding diaryl/α,β-unsaturated/α-hetero) is 1. The first-order valence-corrected chi connectivity index (χ1v) is 14.2. The van der Waals surface area contributed by atoms with Gasteiger partial charge in [0, 0.05) is 18.3 Å². The lowest BCUT2D eigenvalue weighted by atomic mass is 9.42. The van der Waals surface area contributed by atoms with Crippen molar-refractivity contribution < 1.29 is 30.3 Å². The van der Waals surface area contributed by atoms with Gasteiger partial charge >= 0.3 is 0 Å². The highest BCUT2D eigenvalue weighted by Gasteiger charge is 2.69. The summed E-state index contributed by atoms with van der Waals surface area (Å²) < 4.78 is 0. The molecule has 0 saturated heterocycles. The van der Waals surface area contributed by atoms with Crippen LogP contribution in [0.4, 0.5) is 0 Å². The summed E-state index contributed by atoms with van der Waals surface area (Å²) in [5, 5.41) is 54.7. The van der Waals surface area contributed by atoms with E-state index in [0.717, 1.165) is 32.1 Å². The van der Waals surface area contributed by atoms with Gasteiger partial charge in [-0.3, -0.25) is 4.79 Å². The first-order valence-electron chi connectivity index (χ1n) is 14.2. The summed E-state index contributed by atoms with van der Waals surface area (Å²) in [5.41, 5.74) is -2.34. The maximum absolute atomic E-state index is 13.4. The molecular weight excluding hydrogens is 444 g/mol. The number of carbonyl (C=O) groups excluding carboxylic acids is 1.